The van der Waals surface area contributed by atoms with Crippen LogP contribution >= 0.6 is 0 Å². The van der Waals surface area contributed by atoms with Gasteiger partial charge in [0.1, 0.15) is 0 Å². The molecule has 1 aliphatic heterocycles. The summed E-state index contributed by atoms with van der Waals surface area (Å²) >= 11 is 0. The number of amides is 2. The first-order valence-corrected chi connectivity index (χ1v) is 10.3. The van der Waals surface area contributed by atoms with E-state index in [1.165, 1.54) is 0 Å². The van der Waals surface area contributed by atoms with Crippen LogP contribution in [0.3, 0.4) is 0 Å². The summed E-state index contributed by atoms with van der Waals surface area (Å²) in [7, 11) is 0. The van der Waals surface area contributed by atoms with E-state index in [9.17, 15) is 9.59 Å². The van der Waals surface area contributed by atoms with Crippen molar-refractivity contribution in [1.29, 1.82) is 0 Å². The summed E-state index contributed by atoms with van der Waals surface area (Å²) in [6, 6.07) is 5.89. The van der Waals surface area contributed by atoms with Crippen molar-refractivity contribution in [3.8, 4) is 0 Å². The largest absolute Gasteiger partial charge is 0.449 e. The summed E-state index contributed by atoms with van der Waals surface area (Å²) in [5, 5.41) is 0. The van der Waals surface area contributed by atoms with E-state index in [0.29, 0.717) is 26.2 Å². The number of ether oxygens (including phenoxy) is 1. The van der Waals surface area contributed by atoms with Gasteiger partial charge >= 0.3 is 6.09 Å². The molecule has 1 atom stereocenters. The van der Waals surface area contributed by atoms with E-state index in [4.69, 9.17) is 4.74 Å². The highest BCUT2D eigenvalue weighted by Crippen LogP contribution is 2.21. The first-order valence-electron chi connectivity index (χ1n) is 10.3. The van der Waals surface area contributed by atoms with Crippen molar-refractivity contribution >= 4 is 12.0 Å². The van der Waals surface area contributed by atoms with Crippen LogP contribution in [0, 0.1) is 13.8 Å². The van der Waals surface area contributed by atoms with Crippen LogP contribution in [0.4, 0.5) is 4.79 Å². The highest BCUT2D eigenvalue weighted by molar-refractivity contribution is 5.96. The molecule has 0 aromatic heterocycles. The molecule has 2 amide bonds. The van der Waals surface area contributed by atoms with Crippen molar-refractivity contribution in [2.75, 3.05) is 26.2 Å². The van der Waals surface area contributed by atoms with Gasteiger partial charge in [-0.1, -0.05) is 45.2 Å². The van der Waals surface area contributed by atoms with Crippen molar-refractivity contribution in [2.45, 2.75) is 65.8 Å². The number of benzene rings is 1. The van der Waals surface area contributed by atoms with Crippen molar-refractivity contribution in [3.05, 3.63) is 34.9 Å². The predicted octanol–water partition coefficient (Wildman–Crippen LogP) is 4.56. The Bertz CT molecular complexity index is 644. The zero-order chi connectivity index (χ0) is 19.8. The summed E-state index contributed by atoms with van der Waals surface area (Å²) < 4.78 is 5.43. The fraction of sp³-hybridized carbons (Fsp3) is 0.636. The second-order valence-corrected chi connectivity index (χ2v) is 7.46. The van der Waals surface area contributed by atoms with E-state index in [1.807, 2.05) is 41.8 Å². The van der Waals surface area contributed by atoms with Gasteiger partial charge in [-0.25, -0.2) is 4.79 Å². The van der Waals surface area contributed by atoms with Crippen molar-refractivity contribution in [3.63, 3.8) is 0 Å². The number of carbonyl (C=O) groups excluding carboxylic acids is 2. The number of unbranched alkanes of at least 4 members (excludes halogenated alkanes) is 2. The Labute approximate surface area is 163 Å². The van der Waals surface area contributed by atoms with Crippen LogP contribution in [0.2, 0.25) is 0 Å². The van der Waals surface area contributed by atoms with Crippen LogP contribution < -0.4 is 0 Å². The van der Waals surface area contributed by atoms with Crippen LogP contribution in [-0.2, 0) is 4.74 Å². The lowest BCUT2D eigenvalue weighted by Crippen LogP contribution is -2.56. The van der Waals surface area contributed by atoms with Crippen LogP contribution in [-0.4, -0.2) is 54.1 Å². The molecule has 27 heavy (non-hydrogen) atoms. The lowest BCUT2D eigenvalue weighted by atomic mass is 10.0. The van der Waals surface area contributed by atoms with Crippen LogP contribution in [0.5, 0.6) is 0 Å². The van der Waals surface area contributed by atoms with E-state index in [0.717, 1.165) is 48.8 Å². The standard InChI is InChI=1S/C22H34N2O3/c1-5-7-11-19-16-23(13-14-24(19)22(26)27-15-8-6-2)21(25)20-12-9-10-17(3)18(20)4/h9-10,12,19H,5-8,11,13-16H2,1-4H3/t19-/m0/s1. The Morgan fingerprint density at radius 2 is 1.85 bits per heavy atom. The maximum atomic E-state index is 13.1. The molecule has 2 rings (SSSR count). The van der Waals surface area contributed by atoms with E-state index in [-0.39, 0.29) is 18.0 Å². The smallest absolute Gasteiger partial charge is 0.410 e. The Balaban J connectivity index is 2.08. The van der Waals surface area contributed by atoms with Gasteiger partial charge in [-0.15, -0.1) is 0 Å². The molecular formula is C22H34N2O3. The number of nitrogens with zero attached hydrogens (tertiary/aromatic N) is 2. The van der Waals surface area contributed by atoms with Gasteiger partial charge in [-0.2, -0.15) is 0 Å². The molecule has 1 aromatic rings. The average Bonchev–Trinajstić information content (AvgIpc) is 2.67. The lowest BCUT2D eigenvalue weighted by molar-refractivity contribution is 0.0351. The minimum absolute atomic E-state index is 0.0295. The minimum atomic E-state index is -0.233. The fourth-order valence-electron chi connectivity index (χ4n) is 3.51. The SMILES string of the molecule is CCCCOC(=O)N1CCN(C(=O)c2cccc(C)c2C)C[C@@H]1CCCC. The Hall–Kier alpha value is -2.04. The van der Waals surface area contributed by atoms with E-state index >= 15 is 0 Å². The van der Waals surface area contributed by atoms with Crippen molar-refractivity contribution in [2.24, 2.45) is 0 Å². The molecule has 0 unspecified atom stereocenters. The molecule has 0 radical (unpaired) electrons. The predicted molar refractivity (Wildman–Crippen MR) is 108 cm³/mol. The van der Waals surface area contributed by atoms with Crippen molar-refractivity contribution < 1.29 is 14.3 Å². The molecule has 1 aliphatic rings. The number of hydrogen-bond acceptors (Lipinski definition) is 3. The molecule has 150 valence electrons. The molecule has 1 fully saturated rings. The maximum Gasteiger partial charge on any atom is 0.410 e. The molecule has 5 heteroatoms. The number of hydrogen-bond donors (Lipinski definition) is 0. The van der Waals surface area contributed by atoms with Crippen LogP contribution in [0.25, 0.3) is 0 Å². The molecule has 0 N–H and O–H groups in total. The zero-order valence-corrected chi connectivity index (χ0v) is 17.3. The lowest BCUT2D eigenvalue weighted by Gasteiger charge is -2.41. The van der Waals surface area contributed by atoms with Gasteiger partial charge in [0.2, 0.25) is 0 Å². The molecule has 5 nitrogen and oxygen atoms in total. The maximum absolute atomic E-state index is 13.1. The summed E-state index contributed by atoms with van der Waals surface area (Å²) in [5.74, 6) is 0.0664. The number of aryl methyl sites for hydroxylation is 1. The molecule has 1 aromatic carbocycles. The molecule has 0 aliphatic carbocycles. The third kappa shape index (κ3) is 5.47. The van der Waals surface area contributed by atoms with Crippen LogP contribution in [0.15, 0.2) is 18.2 Å². The summed E-state index contributed by atoms with van der Waals surface area (Å²) in [4.78, 5) is 29.3. The zero-order valence-electron chi connectivity index (χ0n) is 17.3. The van der Waals surface area contributed by atoms with E-state index in [1.54, 1.807) is 0 Å². The summed E-state index contributed by atoms with van der Waals surface area (Å²) in [5.41, 5.74) is 2.93. The molecule has 1 heterocycles. The molecule has 0 saturated carbocycles. The van der Waals surface area contributed by atoms with E-state index < -0.39 is 0 Å². The highest BCUT2D eigenvalue weighted by Gasteiger charge is 2.33. The Kier molecular flexibility index (Phi) is 8.14. The first-order chi connectivity index (χ1) is 13.0. The molecular weight excluding hydrogens is 340 g/mol. The number of piperazine rings is 1. The highest BCUT2D eigenvalue weighted by atomic mass is 16.6. The topological polar surface area (TPSA) is 49.9 Å². The third-order valence-electron chi connectivity index (χ3n) is 5.45. The molecule has 1 saturated heterocycles. The fourth-order valence-corrected chi connectivity index (χ4v) is 3.51. The van der Waals surface area contributed by atoms with Gasteiger partial charge in [0, 0.05) is 25.2 Å². The first kappa shape index (κ1) is 21.3. The quantitative estimate of drug-likeness (QED) is 0.658. The monoisotopic (exact) mass is 374 g/mol. The van der Waals surface area contributed by atoms with Crippen LogP contribution in [0.1, 0.15) is 67.4 Å². The Morgan fingerprint density at radius 3 is 2.56 bits per heavy atom. The van der Waals surface area contributed by atoms with Gasteiger partial charge in [0.05, 0.1) is 12.6 Å². The molecule has 0 bridgehead atoms. The second-order valence-electron chi connectivity index (χ2n) is 7.46. The summed E-state index contributed by atoms with van der Waals surface area (Å²) in [6.45, 7) is 10.4. The second kappa shape index (κ2) is 10.3. The van der Waals surface area contributed by atoms with Gasteiger partial charge < -0.3 is 14.5 Å². The molecule has 0 spiro atoms. The average molecular weight is 375 g/mol. The van der Waals surface area contributed by atoms with Gasteiger partial charge in [-0.05, 0) is 43.9 Å². The Morgan fingerprint density at radius 1 is 1.11 bits per heavy atom. The minimum Gasteiger partial charge on any atom is -0.449 e. The van der Waals surface area contributed by atoms with Gasteiger partial charge in [0.25, 0.3) is 5.91 Å². The third-order valence-corrected chi connectivity index (χ3v) is 5.45. The summed E-state index contributed by atoms with van der Waals surface area (Å²) in [6.07, 6.45) is 4.66. The van der Waals surface area contributed by atoms with Gasteiger partial charge in [-0.3, -0.25) is 4.79 Å². The van der Waals surface area contributed by atoms with E-state index in [2.05, 4.69) is 13.8 Å². The number of carbonyl (C=O) groups is 2. The normalized spacial score (nSPS) is 17.1. The van der Waals surface area contributed by atoms with Gasteiger partial charge in [0.15, 0.2) is 0 Å². The van der Waals surface area contributed by atoms with Crippen molar-refractivity contribution in [1.82, 2.24) is 9.80 Å². The number of rotatable bonds is 7.